The van der Waals surface area contributed by atoms with E-state index in [9.17, 15) is 4.79 Å². The second kappa shape index (κ2) is 9.87. The van der Waals surface area contributed by atoms with E-state index in [0.29, 0.717) is 26.3 Å². The maximum absolute atomic E-state index is 13.4. The average Bonchev–Trinajstić information content (AvgIpc) is 3.45. The summed E-state index contributed by atoms with van der Waals surface area (Å²) in [7, 11) is 1.67. The molecular formula is C26H28N4O3S. The van der Waals surface area contributed by atoms with Crippen LogP contribution in [0.1, 0.15) is 15.4 Å². The number of benzene rings is 2. The lowest BCUT2D eigenvalue weighted by Crippen LogP contribution is -2.48. The van der Waals surface area contributed by atoms with Gasteiger partial charge in [-0.1, -0.05) is 30.3 Å². The highest BCUT2D eigenvalue weighted by Crippen LogP contribution is 2.32. The Balaban J connectivity index is 1.30. The fraction of sp³-hybridized carbons (Fsp3) is 0.308. The van der Waals surface area contributed by atoms with Crippen LogP contribution in [0, 0.1) is 6.92 Å². The minimum atomic E-state index is 0.0875. The van der Waals surface area contributed by atoms with Gasteiger partial charge in [0.25, 0.3) is 5.91 Å². The smallest absolute Gasteiger partial charge is 0.264 e. The molecule has 0 unspecified atom stereocenters. The van der Waals surface area contributed by atoms with Crippen molar-refractivity contribution in [3.05, 3.63) is 71.2 Å². The number of carbonyl (C=O) groups excluding carboxylic acids is 1. The topological polar surface area (TPSA) is 59.8 Å². The molecule has 176 valence electrons. The zero-order valence-electron chi connectivity index (χ0n) is 19.4. The van der Waals surface area contributed by atoms with E-state index in [1.807, 2.05) is 71.1 Å². The van der Waals surface area contributed by atoms with Crippen molar-refractivity contribution < 1.29 is 14.3 Å². The minimum Gasteiger partial charge on any atom is -0.489 e. The maximum Gasteiger partial charge on any atom is 0.264 e. The number of rotatable bonds is 7. The van der Waals surface area contributed by atoms with E-state index in [4.69, 9.17) is 9.47 Å². The summed E-state index contributed by atoms with van der Waals surface area (Å²) in [6.45, 7) is 5.92. The van der Waals surface area contributed by atoms with Crippen molar-refractivity contribution in [1.82, 2.24) is 14.7 Å². The number of methoxy groups -OCH3 is 1. The van der Waals surface area contributed by atoms with E-state index in [1.165, 1.54) is 11.3 Å². The first-order valence-corrected chi connectivity index (χ1v) is 12.3. The molecule has 3 heterocycles. The Hall–Kier alpha value is -3.36. The number of fused-ring (bicyclic) bond motifs is 1. The standard InChI is InChI=1S/C26H28N4O3S/c1-19-21-18-24(34-26(21)30(27-19)20-8-4-3-5-9-20)25(31)29-14-12-28(13-15-29)22-10-6-7-11-23(22)33-17-16-32-2/h3-11,18H,12-17H2,1-2H3. The Kier molecular flexibility index (Phi) is 6.51. The Bertz CT molecular complexity index is 1280. The zero-order chi connectivity index (χ0) is 23.5. The summed E-state index contributed by atoms with van der Waals surface area (Å²) in [5, 5.41) is 5.73. The summed E-state index contributed by atoms with van der Waals surface area (Å²) in [5.74, 6) is 0.939. The predicted octanol–water partition coefficient (Wildman–Crippen LogP) is 4.38. The number of ether oxygens (including phenoxy) is 2. The van der Waals surface area contributed by atoms with Crippen LogP contribution >= 0.6 is 11.3 Å². The molecule has 5 rings (SSSR count). The number of nitrogens with zero attached hydrogens (tertiary/aromatic N) is 4. The highest BCUT2D eigenvalue weighted by molar-refractivity contribution is 7.20. The van der Waals surface area contributed by atoms with Crippen molar-refractivity contribution in [2.45, 2.75) is 6.92 Å². The summed E-state index contributed by atoms with van der Waals surface area (Å²) in [6.07, 6.45) is 0. The van der Waals surface area contributed by atoms with Crippen molar-refractivity contribution >= 4 is 33.1 Å². The number of aromatic nitrogens is 2. The van der Waals surface area contributed by atoms with Gasteiger partial charge in [-0.15, -0.1) is 11.3 Å². The molecule has 1 amide bonds. The Morgan fingerprint density at radius 2 is 1.74 bits per heavy atom. The van der Waals surface area contributed by atoms with Crippen LogP contribution in [0.5, 0.6) is 5.75 Å². The first-order valence-electron chi connectivity index (χ1n) is 11.5. The summed E-state index contributed by atoms with van der Waals surface area (Å²) in [4.78, 5) is 19.4. The molecule has 2 aromatic carbocycles. The molecule has 1 aliphatic heterocycles. The second-order valence-corrected chi connectivity index (χ2v) is 9.28. The second-order valence-electron chi connectivity index (χ2n) is 8.25. The van der Waals surface area contributed by atoms with E-state index in [-0.39, 0.29) is 5.91 Å². The van der Waals surface area contributed by atoms with Crippen LogP contribution in [0.15, 0.2) is 60.7 Å². The molecule has 1 saturated heterocycles. The number of hydrogen-bond acceptors (Lipinski definition) is 6. The third kappa shape index (κ3) is 4.38. The number of piperazine rings is 1. The molecule has 0 saturated carbocycles. The molecule has 0 N–H and O–H groups in total. The van der Waals surface area contributed by atoms with Crippen molar-refractivity contribution in [2.75, 3.05) is 51.4 Å². The van der Waals surface area contributed by atoms with Gasteiger partial charge >= 0.3 is 0 Å². The van der Waals surface area contributed by atoms with Crippen molar-refractivity contribution in [1.29, 1.82) is 0 Å². The zero-order valence-corrected chi connectivity index (χ0v) is 20.3. The van der Waals surface area contributed by atoms with E-state index in [1.54, 1.807) is 7.11 Å². The Labute approximate surface area is 203 Å². The lowest BCUT2D eigenvalue weighted by molar-refractivity contribution is 0.0751. The predicted molar refractivity (Wildman–Crippen MR) is 136 cm³/mol. The molecule has 0 spiro atoms. The summed E-state index contributed by atoms with van der Waals surface area (Å²) in [5.41, 5.74) is 3.00. The van der Waals surface area contributed by atoms with Gasteiger partial charge in [0.05, 0.1) is 28.6 Å². The van der Waals surface area contributed by atoms with Crippen LogP contribution in [0.2, 0.25) is 0 Å². The molecule has 2 aromatic heterocycles. The number of thiophene rings is 1. The molecule has 34 heavy (non-hydrogen) atoms. The summed E-state index contributed by atoms with van der Waals surface area (Å²) >= 11 is 1.52. The van der Waals surface area contributed by atoms with Crippen LogP contribution in [-0.2, 0) is 4.74 Å². The molecule has 0 radical (unpaired) electrons. The van der Waals surface area contributed by atoms with Gasteiger partial charge in [0.15, 0.2) is 0 Å². The summed E-state index contributed by atoms with van der Waals surface area (Å²) < 4.78 is 12.9. The average molecular weight is 477 g/mol. The molecule has 0 aliphatic carbocycles. The van der Waals surface area contributed by atoms with Gasteiger partial charge in [-0.25, -0.2) is 4.68 Å². The minimum absolute atomic E-state index is 0.0875. The van der Waals surface area contributed by atoms with Gasteiger partial charge in [-0.05, 0) is 37.3 Å². The monoisotopic (exact) mass is 476 g/mol. The van der Waals surface area contributed by atoms with Gasteiger partial charge in [-0.2, -0.15) is 5.10 Å². The molecule has 0 bridgehead atoms. The first-order chi connectivity index (χ1) is 16.7. The summed E-state index contributed by atoms with van der Waals surface area (Å²) in [6, 6.07) is 20.1. The first kappa shape index (κ1) is 22.4. The van der Waals surface area contributed by atoms with Crippen LogP contribution in [0.3, 0.4) is 0 Å². The number of carbonyl (C=O) groups is 1. The number of anilines is 1. The van der Waals surface area contributed by atoms with Crippen molar-refractivity contribution in [2.24, 2.45) is 0 Å². The largest absolute Gasteiger partial charge is 0.489 e. The molecule has 4 aromatic rings. The maximum atomic E-state index is 13.4. The SMILES string of the molecule is COCCOc1ccccc1N1CCN(C(=O)c2cc3c(C)nn(-c4ccccc4)c3s2)CC1. The number of amides is 1. The van der Waals surface area contributed by atoms with Gasteiger partial charge in [0.1, 0.15) is 17.2 Å². The van der Waals surface area contributed by atoms with Gasteiger partial charge < -0.3 is 19.3 Å². The van der Waals surface area contributed by atoms with Gasteiger partial charge in [0.2, 0.25) is 0 Å². The molecule has 1 fully saturated rings. The van der Waals surface area contributed by atoms with Crippen LogP contribution < -0.4 is 9.64 Å². The van der Waals surface area contributed by atoms with Crippen LogP contribution in [-0.4, -0.2) is 67.1 Å². The van der Waals surface area contributed by atoms with Gasteiger partial charge in [-0.3, -0.25) is 4.79 Å². The highest BCUT2D eigenvalue weighted by Gasteiger charge is 2.26. The van der Waals surface area contributed by atoms with Crippen molar-refractivity contribution in [3.63, 3.8) is 0 Å². The van der Waals surface area contributed by atoms with Crippen LogP contribution in [0.25, 0.3) is 15.9 Å². The quantitative estimate of drug-likeness (QED) is 0.371. The fourth-order valence-corrected chi connectivity index (χ4v) is 5.43. The van der Waals surface area contributed by atoms with Gasteiger partial charge in [0, 0.05) is 38.7 Å². The number of aryl methyl sites for hydroxylation is 1. The third-order valence-corrected chi connectivity index (χ3v) is 7.17. The van der Waals surface area contributed by atoms with E-state index < -0.39 is 0 Å². The molecular weight excluding hydrogens is 448 g/mol. The Morgan fingerprint density at radius 1 is 1.00 bits per heavy atom. The van der Waals surface area contributed by atoms with Crippen molar-refractivity contribution in [3.8, 4) is 11.4 Å². The Morgan fingerprint density at radius 3 is 2.50 bits per heavy atom. The number of para-hydroxylation sites is 3. The molecule has 8 heteroatoms. The number of hydrogen-bond donors (Lipinski definition) is 0. The lowest BCUT2D eigenvalue weighted by atomic mass is 10.2. The molecule has 7 nitrogen and oxygen atoms in total. The van der Waals surface area contributed by atoms with Crippen LogP contribution in [0.4, 0.5) is 5.69 Å². The normalized spacial score (nSPS) is 14.1. The molecule has 0 atom stereocenters. The highest BCUT2D eigenvalue weighted by atomic mass is 32.1. The fourth-order valence-electron chi connectivity index (χ4n) is 4.28. The van der Waals surface area contributed by atoms with E-state index in [2.05, 4.69) is 16.1 Å². The molecule has 1 aliphatic rings. The van der Waals surface area contributed by atoms with E-state index in [0.717, 1.165) is 51.0 Å². The third-order valence-electron chi connectivity index (χ3n) is 6.07. The van der Waals surface area contributed by atoms with E-state index >= 15 is 0 Å². The lowest BCUT2D eigenvalue weighted by Gasteiger charge is -2.36.